The Kier molecular flexibility index (Phi) is 4.85. The summed E-state index contributed by atoms with van der Waals surface area (Å²) >= 11 is 1.60. The number of benzene rings is 1. The number of thiophene rings is 1. The molecule has 1 aromatic carbocycles. The number of nitrogens with zero attached hydrogens (tertiary/aromatic N) is 2. The Labute approximate surface area is 161 Å². The first-order valence-corrected chi connectivity index (χ1v) is 9.78. The van der Waals surface area contributed by atoms with Gasteiger partial charge in [-0.25, -0.2) is 0 Å². The van der Waals surface area contributed by atoms with Crippen LogP contribution in [0.15, 0.2) is 41.8 Å². The Morgan fingerprint density at radius 2 is 1.89 bits per heavy atom. The third-order valence-corrected chi connectivity index (χ3v) is 5.76. The van der Waals surface area contributed by atoms with Crippen molar-refractivity contribution in [3.63, 3.8) is 0 Å². The standard InChI is InChI=1S/C20H21N3O3S/c1-26-15-4-5-17-14(11-15)12-18(21-17)20(25)23-8-6-22(7-9-23)19(24)13-16-3-2-10-27-16/h2-5,10-12,21H,6-9,13H2,1H3. The van der Waals surface area contributed by atoms with Crippen molar-refractivity contribution in [3.8, 4) is 5.75 Å². The molecule has 3 aromatic rings. The highest BCUT2D eigenvalue weighted by molar-refractivity contribution is 7.10. The molecular weight excluding hydrogens is 362 g/mol. The predicted molar refractivity (Wildman–Crippen MR) is 105 cm³/mol. The van der Waals surface area contributed by atoms with Gasteiger partial charge in [0.15, 0.2) is 0 Å². The monoisotopic (exact) mass is 383 g/mol. The highest BCUT2D eigenvalue weighted by Gasteiger charge is 2.25. The van der Waals surface area contributed by atoms with Crippen LogP contribution in [0.25, 0.3) is 10.9 Å². The minimum Gasteiger partial charge on any atom is -0.497 e. The second kappa shape index (κ2) is 7.44. The molecule has 1 aliphatic rings. The first-order chi connectivity index (χ1) is 13.1. The van der Waals surface area contributed by atoms with Gasteiger partial charge in [0.25, 0.3) is 5.91 Å². The fraction of sp³-hybridized carbons (Fsp3) is 0.300. The molecule has 1 saturated heterocycles. The fourth-order valence-corrected chi connectivity index (χ4v) is 4.05. The van der Waals surface area contributed by atoms with E-state index in [1.54, 1.807) is 23.3 Å². The quantitative estimate of drug-likeness (QED) is 0.753. The molecule has 0 spiro atoms. The molecule has 0 aliphatic carbocycles. The van der Waals surface area contributed by atoms with Gasteiger partial charge in [0.05, 0.1) is 13.5 Å². The van der Waals surface area contributed by atoms with Gasteiger partial charge in [-0.15, -0.1) is 11.3 Å². The number of carbonyl (C=O) groups excluding carboxylic acids is 2. The van der Waals surface area contributed by atoms with Crippen molar-refractivity contribution < 1.29 is 14.3 Å². The van der Waals surface area contributed by atoms with Crippen LogP contribution >= 0.6 is 11.3 Å². The van der Waals surface area contributed by atoms with E-state index in [1.165, 1.54) is 0 Å². The maximum absolute atomic E-state index is 12.8. The Hall–Kier alpha value is -2.80. The second-order valence-electron chi connectivity index (χ2n) is 6.57. The summed E-state index contributed by atoms with van der Waals surface area (Å²) in [4.78, 5) is 33.1. The van der Waals surface area contributed by atoms with Crippen LogP contribution in [0.2, 0.25) is 0 Å². The smallest absolute Gasteiger partial charge is 0.270 e. The molecule has 1 aliphatic heterocycles. The van der Waals surface area contributed by atoms with Crippen LogP contribution in [-0.2, 0) is 11.2 Å². The predicted octanol–water partition coefficient (Wildman–Crippen LogP) is 2.77. The van der Waals surface area contributed by atoms with Crippen molar-refractivity contribution in [2.75, 3.05) is 33.3 Å². The van der Waals surface area contributed by atoms with Gasteiger partial charge in [0.1, 0.15) is 11.4 Å². The number of ether oxygens (including phenoxy) is 1. The molecular formula is C20H21N3O3S. The van der Waals surface area contributed by atoms with E-state index >= 15 is 0 Å². The molecule has 0 atom stereocenters. The van der Waals surface area contributed by atoms with Gasteiger partial charge in [-0.1, -0.05) is 6.07 Å². The van der Waals surface area contributed by atoms with E-state index in [9.17, 15) is 9.59 Å². The molecule has 0 saturated carbocycles. The minimum absolute atomic E-state index is 0.0319. The Balaban J connectivity index is 1.39. The van der Waals surface area contributed by atoms with Crippen molar-refractivity contribution in [2.24, 2.45) is 0 Å². The number of aromatic nitrogens is 1. The first-order valence-electron chi connectivity index (χ1n) is 8.90. The zero-order chi connectivity index (χ0) is 18.8. The lowest BCUT2D eigenvalue weighted by atomic mass is 10.2. The third-order valence-electron chi connectivity index (χ3n) is 4.88. The van der Waals surface area contributed by atoms with Gasteiger partial charge in [-0.05, 0) is 35.7 Å². The molecule has 0 radical (unpaired) electrons. The van der Waals surface area contributed by atoms with E-state index < -0.39 is 0 Å². The number of H-pyrrole nitrogens is 1. The molecule has 6 nitrogen and oxygen atoms in total. The number of fused-ring (bicyclic) bond motifs is 1. The third kappa shape index (κ3) is 3.68. The summed E-state index contributed by atoms with van der Waals surface area (Å²) in [6, 6.07) is 11.5. The van der Waals surface area contributed by atoms with Crippen LogP contribution < -0.4 is 4.74 Å². The zero-order valence-corrected chi connectivity index (χ0v) is 15.9. The number of rotatable bonds is 4. The van der Waals surface area contributed by atoms with E-state index in [2.05, 4.69) is 4.98 Å². The van der Waals surface area contributed by atoms with E-state index in [0.717, 1.165) is 21.5 Å². The maximum atomic E-state index is 12.8. The van der Waals surface area contributed by atoms with E-state index in [1.807, 2.05) is 46.7 Å². The summed E-state index contributed by atoms with van der Waals surface area (Å²) in [5.74, 6) is 0.858. The van der Waals surface area contributed by atoms with Crippen molar-refractivity contribution in [1.29, 1.82) is 0 Å². The normalized spacial score (nSPS) is 14.6. The summed E-state index contributed by atoms with van der Waals surface area (Å²) in [7, 11) is 1.62. The molecule has 0 bridgehead atoms. The van der Waals surface area contributed by atoms with E-state index in [0.29, 0.717) is 38.3 Å². The summed E-state index contributed by atoms with van der Waals surface area (Å²) < 4.78 is 5.23. The summed E-state index contributed by atoms with van der Waals surface area (Å²) in [5, 5.41) is 2.93. The number of hydrogen-bond donors (Lipinski definition) is 1. The average molecular weight is 383 g/mol. The van der Waals surface area contributed by atoms with Gasteiger partial charge in [0.2, 0.25) is 5.91 Å². The van der Waals surface area contributed by atoms with Gasteiger partial charge >= 0.3 is 0 Å². The molecule has 140 valence electrons. The number of hydrogen-bond acceptors (Lipinski definition) is 4. The second-order valence-corrected chi connectivity index (χ2v) is 7.60. The Morgan fingerprint density at radius 3 is 2.59 bits per heavy atom. The lowest BCUT2D eigenvalue weighted by molar-refractivity contribution is -0.131. The topological polar surface area (TPSA) is 65.6 Å². The molecule has 3 heterocycles. The number of carbonyl (C=O) groups is 2. The number of methoxy groups -OCH3 is 1. The largest absolute Gasteiger partial charge is 0.497 e. The molecule has 1 fully saturated rings. The number of piperazine rings is 1. The lowest BCUT2D eigenvalue weighted by Crippen LogP contribution is -2.51. The molecule has 2 amide bonds. The van der Waals surface area contributed by atoms with Crippen LogP contribution in [0.1, 0.15) is 15.4 Å². The van der Waals surface area contributed by atoms with Crippen LogP contribution in [0.5, 0.6) is 5.75 Å². The van der Waals surface area contributed by atoms with Gasteiger partial charge in [-0.2, -0.15) is 0 Å². The van der Waals surface area contributed by atoms with Crippen LogP contribution in [0.4, 0.5) is 0 Å². The van der Waals surface area contributed by atoms with Gasteiger partial charge in [0, 0.05) is 42.0 Å². The van der Waals surface area contributed by atoms with E-state index in [-0.39, 0.29) is 11.8 Å². The van der Waals surface area contributed by atoms with Crippen molar-refractivity contribution >= 4 is 34.1 Å². The van der Waals surface area contributed by atoms with Gasteiger partial charge in [-0.3, -0.25) is 9.59 Å². The van der Waals surface area contributed by atoms with Crippen LogP contribution in [-0.4, -0.2) is 59.9 Å². The number of nitrogens with one attached hydrogen (secondary N) is 1. The summed E-state index contributed by atoms with van der Waals surface area (Å²) in [6.45, 7) is 2.25. The highest BCUT2D eigenvalue weighted by atomic mass is 32.1. The molecule has 27 heavy (non-hydrogen) atoms. The Morgan fingerprint density at radius 1 is 1.11 bits per heavy atom. The van der Waals surface area contributed by atoms with Gasteiger partial charge < -0.3 is 19.5 Å². The average Bonchev–Trinajstić information content (AvgIpc) is 3.36. The molecule has 1 N–H and O–H groups in total. The SMILES string of the molecule is COc1ccc2[nH]c(C(=O)N3CCN(C(=O)Cc4cccs4)CC3)cc2c1. The fourth-order valence-electron chi connectivity index (χ4n) is 3.36. The lowest BCUT2D eigenvalue weighted by Gasteiger charge is -2.34. The molecule has 7 heteroatoms. The first kappa shape index (κ1) is 17.6. The number of amides is 2. The van der Waals surface area contributed by atoms with Crippen LogP contribution in [0.3, 0.4) is 0 Å². The summed E-state index contributed by atoms with van der Waals surface area (Å²) in [6.07, 6.45) is 0.440. The molecule has 4 rings (SSSR count). The maximum Gasteiger partial charge on any atom is 0.270 e. The van der Waals surface area contributed by atoms with Crippen molar-refractivity contribution in [1.82, 2.24) is 14.8 Å². The molecule has 2 aromatic heterocycles. The minimum atomic E-state index is -0.0319. The van der Waals surface area contributed by atoms with Crippen molar-refractivity contribution in [2.45, 2.75) is 6.42 Å². The Bertz CT molecular complexity index is 956. The van der Waals surface area contributed by atoms with Crippen molar-refractivity contribution in [3.05, 3.63) is 52.3 Å². The molecule has 0 unspecified atom stereocenters. The number of aromatic amines is 1. The summed E-state index contributed by atoms with van der Waals surface area (Å²) in [5.41, 5.74) is 1.47. The zero-order valence-electron chi connectivity index (χ0n) is 15.1. The highest BCUT2D eigenvalue weighted by Crippen LogP contribution is 2.22. The van der Waals surface area contributed by atoms with Crippen LogP contribution in [0, 0.1) is 0 Å². The van der Waals surface area contributed by atoms with E-state index in [4.69, 9.17) is 4.74 Å².